The predicted octanol–water partition coefficient (Wildman–Crippen LogP) is 3.96. The third kappa shape index (κ3) is 4.49. The molecule has 3 aromatic rings. The summed E-state index contributed by atoms with van der Waals surface area (Å²) >= 11 is 1.17. The summed E-state index contributed by atoms with van der Waals surface area (Å²) < 4.78 is 5.64. The van der Waals surface area contributed by atoms with Gasteiger partial charge in [0.25, 0.3) is 5.22 Å². The maximum absolute atomic E-state index is 12.0. The molecule has 1 N–H and O–H groups in total. The van der Waals surface area contributed by atoms with Crippen molar-refractivity contribution < 1.29 is 9.21 Å². The first kappa shape index (κ1) is 17.7. The number of carbonyl (C=O) groups is 1. The van der Waals surface area contributed by atoms with E-state index in [9.17, 15) is 4.79 Å². The van der Waals surface area contributed by atoms with Crippen molar-refractivity contribution in [1.29, 1.82) is 5.26 Å². The maximum atomic E-state index is 12.0. The van der Waals surface area contributed by atoms with E-state index in [1.165, 1.54) is 11.8 Å². The highest BCUT2D eigenvalue weighted by molar-refractivity contribution is 7.99. The average Bonchev–Trinajstić information content (AvgIpc) is 3.09. The molecule has 0 aliphatic rings. The number of nitrogens with zero attached hydrogens (tertiary/aromatic N) is 3. The summed E-state index contributed by atoms with van der Waals surface area (Å²) in [4.78, 5) is 12.0. The van der Waals surface area contributed by atoms with Crippen molar-refractivity contribution in [3.05, 3.63) is 59.2 Å². The summed E-state index contributed by atoms with van der Waals surface area (Å²) in [6.45, 7) is 4.02. The van der Waals surface area contributed by atoms with Crippen LogP contribution in [-0.4, -0.2) is 21.9 Å². The normalized spacial score (nSPS) is 10.3. The number of hydrogen-bond donors (Lipinski definition) is 1. The molecule has 0 saturated heterocycles. The maximum Gasteiger partial charge on any atom is 0.277 e. The fourth-order valence-electron chi connectivity index (χ4n) is 2.44. The molecule has 0 atom stereocenters. The van der Waals surface area contributed by atoms with Crippen molar-refractivity contribution in [3.63, 3.8) is 0 Å². The summed E-state index contributed by atoms with van der Waals surface area (Å²) in [5, 5.41) is 19.9. The average molecular weight is 364 g/mol. The lowest BCUT2D eigenvalue weighted by atomic mass is 10.1. The minimum atomic E-state index is -0.189. The van der Waals surface area contributed by atoms with Crippen LogP contribution in [0.5, 0.6) is 0 Å². The van der Waals surface area contributed by atoms with Gasteiger partial charge in [-0.05, 0) is 50.2 Å². The van der Waals surface area contributed by atoms with Crippen molar-refractivity contribution in [1.82, 2.24) is 10.2 Å². The third-order valence-electron chi connectivity index (χ3n) is 3.50. The number of hydrogen-bond acceptors (Lipinski definition) is 6. The molecule has 0 aliphatic heterocycles. The molecule has 0 spiro atoms. The van der Waals surface area contributed by atoms with Gasteiger partial charge in [-0.1, -0.05) is 29.0 Å². The van der Waals surface area contributed by atoms with Gasteiger partial charge in [0.1, 0.15) is 0 Å². The van der Waals surface area contributed by atoms with Crippen LogP contribution < -0.4 is 5.32 Å². The van der Waals surface area contributed by atoms with Crippen molar-refractivity contribution in [2.24, 2.45) is 0 Å². The van der Waals surface area contributed by atoms with Crippen LogP contribution in [0.15, 0.2) is 52.1 Å². The van der Waals surface area contributed by atoms with Crippen LogP contribution in [0.3, 0.4) is 0 Å². The topological polar surface area (TPSA) is 91.8 Å². The Hall–Kier alpha value is -3.11. The van der Waals surface area contributed by atoms with Crippen molar-refractivity contribution in [2.45, 2.75) is 19.1 Å². The molecular formula is C19H16N4O2S. The number of aryl methyl sites for hydroxylation is 2. The fraction of sp³-hybridized carbons (Fsp3) is 0.158. The molecule has 1 heterocycles. The quantitative estimate of drug-likeness (QED) is 0.689. The number of anilines is 1. The van der Waals surface area contributed by atoms with Crippen LogP contribution in [0.25, 0.3) is 11.5 Å². The molecule has 0 saturated carbocycles. The van der Waals surface area contributed by atoms with Crippen LogP contribution >= 0.6 is 11.8 Å². The van der Waals surface area contributed by atoms with Gasteiger partial charge >= 0.3 is 0 Å². The number of carbonyl (C=O) groups excluding carboxylic acids is 1. The van der Waals surface area contributed by atoms with E-state index in [0.717, 1.165) is 16.7 Å². The Bertz CT molecular complexity index is 954. The molecule has 1 amide bonds. The van der Waals surface area contributed by atoms with Gasteiger partial charge in [0.15, 0.2) is 0 Å². The zero-order valence-electron chi connectivity index (χ0n) is 14.3. The molecule has 7 heteroatoms. The Labute approximate surface area is 155 Å². The highest BCUT2D eigenvalue weighted by Gasteiger charge is 2.12. The minimum Gasteiger partial charge on any atom is -0.411 e. The van der Waals surface area contributed by atoms with E-state index in [2.05, 4.69) is 21.6 Å². The van der Waals surface area contributed by atoms with Crippen molar-refractivity contribution in [3.8, 4) is 17.5 Å². The molecule has 1 aromatic heterocycles. The van der Waals surface area contributed by atoms with E-state index in [0.29, 0.717) is 22.4 Å². The lowest BCUT2D eigenvalue weighted by Gasteiger charge is -2.03. The molecule has 0 fully saturated rings. The lowest BCUT2D eigenvalue weighted by Crippen LogP contribution is -2.13. The van der Waals surface area contributed by atoms with Crippen LogP contribution in [-0.2, 0) is 4.79 Å². The lowest BCUT2D eigenvalue weighted by molar-refractivity contribution is -0.113. The van der Waals surface area contributed by atoms with E-state index in [-0.39, 0.29) is 11.7 Å². The Morgan fingerprint density at radius 1 is 1.15 bits per heavy atom. The molecule has 0 bridgehead atoms. The van der Waals surface area contributed by atoms with Gasteiger partial charge in [-0.2, -0.15) is 5.26 Å². The summed E-state index contributed by atoms with van der Waals surface area (Å²) in [7, 11) is 0. The standard InChI is InChI=1S/C19H16N4O2S/c1-12-7-13(2)9-15(8-12)18-22-23-19(25-18)26-11-17(24)21-16-5-3-14(10-20)4-6-16/h3-9H,11H2,1-2H3,(H,21,24). The SMILES string of the molecule is Cc1cc(C)cc(-c2nnc(SCC(=O)Nc3ccc(C#N)cc3)o2)c1. The van der Waals surface area contributed by atoms with E-state index in [4.69, 9.17) is 9.68 Å². The smallest absolute Gasteiger partial charge is 0.277 e. The number of aromatic nitrogens is 2. The Kier molecular flexibility index (Phi) is 5.34. The van der Waals surface area contributed by atoms with Crippen LogP contribution in [0.4, 0.5) is 5.69 Å². The zero-order chi connectivity index (χ0) is 18.5. The van der Waals surface area contributed by atoms with Gasteiger partial charge < -0.3 is 9.73 Å². The highest BCUT2D eigenvalue weighted by Crippen LogP contribution is 2.25. The predicted molar refractivity (Wildman–Crippen MR) is 99.7 cm³/mol. The fourth-order valence-corrected chi connectivity index (χ4v) is 3.00. The third-order valence-corrected chi connectivity index (χ3v) is 4.32. The Morgan fingerprint density at radius 3 is 2.50 bits per heavy atom. The number of rotatable bonds is 5. The number of benzene rings is 2. The Morgan fingerprint density at radius 2 is 1.85 bits per heavy atom. The monoisotopic (exact) mass is 364 g/mol. The second-order valence-corrected chi connectivity index (χ2v) is 6.70. The summed E-state index contributed by atoms with van der Waals surface area (Å²) in [5.41, 5.74) is 4.28. The second-order valence-electron chi connectivity index (χ2n) is 5.78. The van der Waals surface area contributed by atoms with E-state index >= 15 is 0 Å². The largest absolute Gasteiger partial charge is 0.411 e. The molecule has 26 heavy (non-hydrogen) atoms. The molecule has 3 rings (SSSR count). The van der Waals surface area contributed by atoms with Crippen LogP contribution in [0.1, 0.15) is 16.7 Å². The van der Waals surface area contributed by atoms with Crippen LogP contribution in [0.2, 0.25) is 0 Å². The zero-order valence-corrected chi connectivity index (χ0v) is 15.1. The summed E-state index contributed by atoms with van der Waals surface area (Å²) in [6.07, 6.45) is 0. The molecule has 2 aromatic carbocycles. The number of nitriles is 1. The minimum absolute atomic E-state index is 0.147. The van der Waals surface area contributed by atoms with Gasteiger partial charge in [-0.3, -0.25) is 4.79 Å². The summed E-state index contributed by atoms with van der Waals surface area (Å²) in [5.74, 6) is 0.395. The first-order valence-corrected chi connectivity index (χ1v) is 8.87. The van der Waals surface area contributed by atoms with Gasteiger partial charge in [-0.15, -0.1) is 10.2 Å². The van der Waals surface area contributed by atoms with Gasteiger partial charge in [0.2, 0.25) is 11.8 Å². The van der Waals surface area contributed by atoms with Crippen LogP contribution in [0, 0.1) is 25.2 Å². The molecule has 0 unspecified atom stereocenters. The molecule has 0 radical (unpaired) electrons. The van der Waals surface area contributed by atoms with Crippen molar-refractivity contribution in [2.75, 3.05) is 11.1 Å². The second kappa shape index (κ2) is 7.85. The van der Waals surface area contributed by atoms with E-state index < -0.39 is 0 Å². The first-order valence-electron chi connectivity index (χ1n) is 7.88. The number of thioether (sulfide) groups is 1. The van der Waals surface area contributed by atoms with Gasteiger partial charge in [-0.25, -0.2) is 0 Å². The molecule has 6 nitrogen and oxygen atoms in total. The molecule has 130 valence electrons. The van der Waals surface area contributed by atoms with Gasteiger partial charge in [0.05, 0.1) is 17.4 Å². The Balaban J connectivity index is 1.59. The number of amides is 1. The molecule has 0 aliphatic carbocycles. The van der Waals surface area contributed by atoms with E-state index in [1.54, 1.807) is 24.3 Å². The van der Waals surface area contributed by atoms with Crippen molar-refractivity contribution >= 4 is 23.4 Å². The molecular weight excluding hydrogens is 348 g/mol. The van der Waals surface area contributed by atoms with E-state index in [1.807, 2.05) is 32.0 Å². The van der Waals surface area contributed by atoms with Gasteiger partial charge in [0, 0.05) is 11.3 Å². The highest BCUT2D eigenvalue weighted by atomic mass is 32.2. The number of nitrogens with one attached hydrogen (secondary N) is 1. The first-order chi connectivity index (χ1) is 12.5. The summed E-state index contributed by atoms with van der Waals surface area (Å²) in [6, 6.07) is 14.7.